The van der Waals surface area contributed by atoms with Gasteiger partial charge in [-0.25, -0.2) is 0 Å². The highest BCUT2D eigenvalue weighted by molar-refractivity contribution is 6.31. The Morgan fingerprint density at radius 3 is 3.21 bits per heavy atom. The average molecular weight is 210 g/mol. The van der Waals surface area contributed by atoms with Crippen LogP contribution in [0.25, 0.3) is 0 Å². The summed E-state index contributed by atoms with van der Waals surface area (Å²) in [6.45, 7) is 2.65. The number of hydrogen-bond donors (Lipinski definition) is 1. The lowest BCUT2D eigenvalue weighted by molar-refractivity contribution is 0.0300. The Morgan fingerprint density at radius 1 is 1.36 bits per heavy atom. The van der Waals surface area contributed by atoms with Crippen molar-refractivity contribution in [3.8, 4) is 0 Å². The molecule has 1 fully saturated rings. The van der Waals surface area contributed by atoms with Crippen LogP contribution in [0.4, 0.5) is 0 Å². The molecule has 0 radical (unpaired) electrons. The van der Waals surface area contributed by atoms with Crippen molar-refractivity contribution in [2.75, 3.05) is 13.1 Å². The lowest BCUT2D eigenvalue weighted by atomic mass is 9.90. The number of nitrogens with one attached hydrogen (secondary N) is 1. The molecule has 2 atom stereocenters. The first-order valence-electron chi connectivity index (χ1n) is 4.96. The molecule has 74 valence electrons. The lowest BCUT2D eigenvalue weighted by Gasteiger charge is -2.28. The minimum atomic E-state index is 0.348. The molecule has 14 heavy (non-hydrogen) atoms. The summed E-state index contributed by atoms with van der Waals surface area (Å²) in [6, 6.07) is 6.14. The van der Waals surface area contributed by atoms with E-state index in [1.807, 2.05) is 12.1 Å². The van der Waals surface area contributed by atoms with Gasteiger partial charge in [-0.05, 0) is 17.2 Å². The van der Waals surface area contributed by atoms with E-state index in [0.717, 1.165) is 18.1 Å². The SMILES string of the molecule is Clc1cccc2c1COC1CNCC21. The highest BCUT2D eigenvalue weighted by atomic mass is 35.5. The monoisotopic (exact) mass is 209 g/mol. The summed E-state index contributed by atoms with van der Waals surface area (Å²) in [6.07, 6.45) is 0.348. The molecule has 1 aromatic carbocycles. The maximum absolute atomic E-state index is 6.13. The third-order valence-corrected chi connectivity index (χ3v) is 3.51. The molecule has 2 heterocycles. The maximum Gasteiger partial charge on any atom is 0.0784 e. The zero-order chi connectivity index (χ0) is 9.54. The van der Waals surface area contributed by atoms with Crippen LogP contribution in [-0.2, 0) is 11.3 Å². The normalized spacial score (nSPS) is 29.8. The molecule has 2 aliphatic rings. The second kappa shape index (κ2) is 3.23. The van der Waals surface area contributed by atoms with Crippen molar-refractivity contribution in [2.45, 2.75) is 18.6 Å². The molecule has 3 rings (SSSR count). The lowest BCUT2D eigenvalue weighted by Crippen LogP contribution is -2.26. The van der Waals surface area contributed by atoms with Crippen molar-refractivity contribution >= 4 is 11.6 Å². The van der Waals surface area contributed by atoms with Crippen LogP contribution in [0.1, 0.15) is 17.0 Å². The summed E-state index contributed by atoms with van der Waals surface area (Å²) in [4.78, 5) is 0. The molecule has 1 saturated heterocycles. The van der Waals surface area contributed by atoms with Crippen LogP contribution in [0.3, 0.4) is 0 Å². The van der Waals surface area contributed by atoms with Crippen molar-refractivity contribution in [1.29, 1.82) is 0 Å². The fourth-order valence-corrected chi connectivity index (χ4v) is 2.64. The molecular weight excluding hydrogens is 198 g/mol. The minimum absolute atomic E-state index is 0.348. The zero-order valence-electron chi connectivity index (χ0n) is 7.79. The maximum atomic E-state index is 6.13. The second-order valence-corrected chi connectivity index (χ2v) is 4.33. The molecule has 2 aliphatic heterocycles. The van der Waals surface area contributed by atoms with Crippen LogP contribution in [0.5, 0.6) is 0 Å². The van der Waals surface area contributed by atoms with E-state index in [4.69, 9.17) is 16.3 Å². The van der Waals surface area contributed by atoms with Crippen molar-refractivity contribution in [1.82, 2.24) is 5.32 Å². The van der Waals surface area contributed by atoms with Crippen LogP contribution in [0.15, 0.2) is 18.2 Å². The summed E-state index contributed by atoms with van der Waals surface area (Å²) in [5.41, 5.74) is 2.55. The van der Waals surface area contributed by atoms with E-state index < -0.39 is 0 Å². The van der Waals surface area contributed by atoms with E-state index in [9.17, 15) is 0 Å². The smallest absolute Gasteiger partial charge is 0.0784 e. The Bertz CT molecular complexity index is 366. The summed E-state index contributed by atoms with van der Waals surface area (Å²) in [7, 11) is 0. The number of rotatable bonds is 0. The van der Waals surface area contributed by atoms with Crippen LogP contribution >= 0.6 is 11.6 Å². The van der Waals surface area contributed by atoms with Gasteiger partial charge < -0.3 is 10.1 Å². The molecule has 0 aliphatic carbocycles. The number of benzene rings is 1. The molecule has 0 amide bonds. The number of ether oxygens (including phenoxy) is 1. The molecule has 2 nitrogen and oxygen atoms in total. The first kappa shape index (κ1) is 8.72. The van der Waals surface area contributed by atoms with E-state index in [0.29, 0.717) is 18.6 Å². The van der Waals surface area contributed by atoms with Gasteiger partial charge in [0.1, 0.15) is 0 Å². The summed E-state index contributed by atoms with van der Waals surface area (Å²) in [5.74, 6) is 0.498. The van der Waals surface area contributed by atoms with E-state index >= 15 is 0 Å². The average Bonchev–Trinajstić information content (AvgIpc) is 2.66. The van der Waals surface area contributed by atoms with Gasteiger partial charge in [-0.15, -0.1) is 0 Å². The Balaban J connectivity index is 2.09. The Morgan fingerprint density at radius 2 is 2.29 bits per heavy atom. The standard InChI is InChI=1S/C11H12ClNO/c12-10-3-1-2-7-8-4-13-5-11(8)14-6-9(7)10/h1-3,8,11,13H,4-6H2. The second-order valence-electron chi connectivity index (χ2n) is 3.92. The molecule has 0 bridgehead atoms. The van der Waals surface area contributed by atoms with Crippen molar-refractivity contribution in [2.24, 2.45) is 0 Å². The molecule has 0 aromatic heterocycles. The molecule has 1 aromatic rings. The molecular formula is C11H12ClNO. The summed E-state index contributed by atoms with van der Waals surface area (Å²) < 4.78 is 5.76. The van der Waals surface area contributed by atoms with E-state index in [1.54, 1.807) is 0 Å². The van der Waals surface area contributed by atoms with Gasteiger partial charge in [-0.3, -0.25) is 0 Å². The summed E-state index contributed by atoms with van der Waals surface area (Å²) in [5, 5.41) is 4.20. The van der Waals surface area contributed by atoms with Gasteiger partial charge in [0, 0.05) is 24.0 Å². The predicted molar refractivity (Wildman–Crippen MR) is 55.6 cm³/mol. The third kappa shape index (κ3) is 1.18. The van der Waals surface area contributed by atoms with Crippen LogP contribution in [0, 0.1) is 0 Å². The van der Waals surface area contributed by atoms with Crippen LogP contribution in [0.2, 0.25) is 5.02 Å². The fraction of sp³-hybridized carbons (Fsp3) is 0.455. The molecule has 0 spiro atoms. The van der Waals surface area contributed by atoms with Gasteiger partial charge in [0.15, 0.2) is 0 Å². The largest absolute Gasteiger partial charge is 0.371 e. The molecule has 3 heteroatoms. The van der Waals surface area contributed by atoms with Crippen molar-refractivity contribution in [3.63, 3.8) is 0 Å². The predicted octanol–water partition coefficient (Wildman–Crippen LogP) is 1.93. The van der Waals surface area contributed by atoms with Gasteiger partial charge in [0.2, 0.25) is 0 Å². The number of fused-ring (bicyclic) bond motifs is 3. The van der Waals surface area contributed by atoms with Gasteiger partial charge in [0.05, 0.1) is 12.7 Å². The highest BCUT2D eigenvalue weighted by Gasteiger charge is 2.34. The van der Waals surface area contributed by atoms with E-state index in [1.165, 1.54) is 11.1 Å². The van der Waals surface area contributed by atoms with Crippen molar-refractivity contribution < 1.29 is 4.74 Å². The molecule has 1 N–H and O–H groups in total. The van der Waals surface area contributed by atoms with E-state index in [2.05, 4.69) is 11.4 Å². The first-order chi connectivity index (χ1) is 6.86. The Labute approximate surface area is 88.2 Å². The number of halogens is 1. The Hall–Kier alpha value is -0.570. The minimum Gasteiger partial charge on any atom is -0.371 e. The Kier molecular flexibility index (Phi) is 2.01. The van der Waals surface area contributed by atoms with Gasteiger partial charge >= 0.3 is 0 Å². The first-order valence-corrected chi connectivity index (χ1v) is 5.33. The third-order valence-electron chi connectivity index (χ3n) is 3.15. The van der Waals surface area contributed by atoms with Gasteiger partial charge in [-0.2, -0.15) is 0 Å². The highest BCUT2D eigenvalue weighted by Crippen LogP contribution is 2.36. The fourth-order valence-electron chi connectivity index (χ4n) is 2.41. The zero-order valence-corrected chi connectivity index (χ0v) is 8.55. The van der Waals surface area contributed by atoms with Crippen LogP contribution in [-0.4, -0.2) is 19.2 Å². The quantitative estimate of drug-likeness (QED) is 0.705. The van der Waals surface area contributed by atoms with Crippen molar-refractivity contribution in [3.05, 3.63) is 34.3 Å². The summed E-state index contributed by atoms with van der Waals surface area (Å²) >= 11 is 6.13. The van der Waals surface area contributed by atoms with Gasteiger partial charge in [0.25, 0.3) is 0 Å². The van der Waals surface area contributed by atoms with E-state index in [-0.39, 0.29) is 0 Å². The number of hydrogen-bond acceptors (Lipinski definition) is 2. The molecule has 2 unspecified atom stereocenters. The topological polar surface area (TPSA) is 21.3 Å². The van der Waals surface area contributed by atoms with Gasteiger partial charge in [-0.1, -0.05) is 23.7 Å². The molecule has 0 saturated carbocycles. The van der Waals surface area contributed by atoms with Crippen LogP contribution < -0.4 is 5.32 Å².